The minimum atomic E-state index is -1.47. The summed E-state index contributed by atoms with van der Waals surface area (Å²) in [7, 11) is 0. The number of hydrogen-bond donors (Lipinski definition) is 7. The van der Waals surface area contributed by atoms with Crippen LogP contribution in [-0.4, -0.2) is 119 Å². The molecular formula is C30H55N7O11. The fraction of sp³-hybridized carbons (Fsp3) is 0.767. The molecule has 0 saturated carbocycles. The van der Waals surface area contributed by atoms with Gasteiger partial charge in [-0.3, -0.25) is 15.5 Å². The Morgan fingerprint density at radius 3 is 1.92 bits per heavy atom. The molecule has 276 valence electrons. The second-order valence-electron chi connectivity index (χ2n) is 13.0. The molecule has 0 heterocycles. The Labute approximate surface area is 282 Å². The molecule has 7 N–H and O–H groups in total. The van der Waals surface area contributed by atoms with Crippen molar-refractivity contribution >= 4 is 42.3 Å². The van der Waals surface area contributed by atoms with Crippen LogP contribution < -0.4 is 21.3 Å². The smallest absolute Gasteiger partial charge is 0.417 e. The van der Waals surface area contributed by atoms with Gasteiger partial charge in [0.15, 0.2) is 0 Å². The molecule has 0 spiro atoms. The zero-order valence-corrected chi connectivity index (χ0v) is 29.2. The summed E-state index contributed by atoms with van der Waals surface area (Å²) in [5.74, 6) is -1.01. The molecule has 1 atom stereocenters. The Kier molecular flexibility index (Phi) is 20.1. The van der Waals surface area contributed by atoms with Crippen LogP contribution in [0.4, 0.5) is 24.0 Å². The molecule has 0 radical (unpaired) electrons. The lowest BCUT2D eigenvalue weighted by atomic mass is 10.2. The molecule has 0 saturated heterocycles. The van der Waals surface area contributed by atoms with Crippen LogP contribution in [0.1, 0.15) is 93.4 Å². The molecule has 0 unspecified atom stereocenters. The second-order valence-corrected chi connectivity index (χ2v) is 13.0. The number of unbranched alkanes of at least 4 members (excludes halogenated alkanes) is 4. The van der Waals surface area contributed by atoms with Crippen molar-refractivity contribution < 1.29 is 53.2 Å². The van der Waals surface area contributed by atoms with E-state index in [0.29, 0.717) is 58.0 Å². The monoisotopic (exact) mass is 689 g/mol. The zero-order valence-electron chi connectivity index (χ0n) is 29.2. The molecule has 0 aromatic heterocycles. The number of guanidine groups is 1. The van der Waals surface area contributed by atoms with Crippen LogP contribution in [0.2, 0.25) is 0 Å². The Morgan fingerprint density at radius 2 is 1.33 bits per heavy atom. The van der Waals surface area contributed by atoms with Crippen molar-refractivity contribution in [2.24, 2.45) is 0 Å². The zero-order chi connectivity index (χ0) is 36.9. The highest BCUT2D eigenvalue weighted by Crippen LogP contribution is 2.13. The molecule has 18 nitrogen and oxygen atoms in total. The first-order chi connectivity index (χ1) is 22.2. The van der Waals surface area contributed by atoms with Gasteiger partial charge in [-0.15, -0.1) is 0 Å². The van der Waals surface area contributed by atoms with E-state index in [1.807, 2.05) is 5.32 Å². The molecular weight excluding hydrogens is 634 g/mol. The molecule has 0 aromatic rings. The first-order valence-corrected chi connectivity index (χ1v) is 15.9. The molecule has 0 rings (SSSR count). The molecule has 18 heteroatoms. The van der Waals surface area contributed by atoms with E-state index in [2.05, 4.69) is 16.0 Å². The fourth-order valence-corrected chi connectivity index (χ4v) is 3.85. The average Bonchev–Trinajstić information content (AvgIpc) is 2.91. The number of nitrogens with one attached hydrogen (secondary N) is 5. The van der Waals surface area contributed by atoms with Crippen LogP contribution in [0.3, 0.4) is 0 Å². The van der Waals surface area contributed by atoms with E-state index in [4.69, 9.17) is 29.8 Å². The van der Waals surface area contributed by atoms with Gasteiger partial charge in [0.1, 0.15) is 11.2 Å². The number of amides is 6. The van der Waals surface area contributed by atoms with Crippen LogP contribution >= 0.6 is 0 Å². The van der Waals surface area contributed by atoms with E-state index in [0.717, 1.165) is 4.90 Å². The lowest BCUT2D eigenvalue weighted by molar-refractivity contribution is -0.120. The highest BCUT2D eigenvalue weighted by atomic mass is 16.6. The average molecular weight is 690 g/mol. The predicted octanol–water partition coefficient (Wildman–Crippen LogP) is 3.89. The predicted molar refractivity (Wildman–Crippen MR) is 175 cm³/mol. The summed E-state index contributed by atoms with van der Waals surface area (Å²) in [6.07, 6.45) is -1.02. The molecule has 0 aliphatic rings. The van der Waals surface area contributed by atoms with E-state index in [-0.39, 0.29) is 32.3 Å². The second kappa shape index (κ2) is 22.1. The van der Waals surface area contributed by atoms with Crippen LogP contribution in [0.25, 0.3) is 0 Å². The van der Waals surface area contributed by atoms with Crippen molar-refractivity contribution in [1.29, 1.82) is 5.41 Å². The quantitative estimate of drug-likeness (QED) is 0.0470. The number of carboxylic acid groups (broad SMARTS) is 2. The number of rotatable bonds is 18. The Bertz CT molecular complexity index is 1070. The lowest BCUT2D eigenvalue weighted by Gasteiger charge is -2.28. The third-order valence-electron chi connectivity index (χ3n) is 6.04. The van der Waals surface area contributed by atoms with Gasteiger partial charge >= 0.3 is 30.5 Å². The molecule has 0 bridgehead atoms. The largest absolute Gasteiger partial charge is 0.465 e. The summed E-state index contributed by atoms with van der Waals surface area (Å²) >= 11 is 0. The fourth-order valence-electron chi connectivity index (χ4n) is 3.85. The van der Waals surface area contributed by atoms with Gasteiger partial charge in [-0.2, -0.15) is 0 Å². The number of carbonyl (C=O) groups is 6. The summed E-state index contributed by atoms with van der Waals surface area (Å²) in [6.45, 7) is 12.7. The van der Waals surface area contributed by atoms with Gasteiger partial charge in [0.05, 0.1) is 13.2 Å². The van der Waals surface area contributed by atoms with E-state index in [1.165, 1.54) is 4.90 Å². The van der Waals surface area contributed by atoms with E-state index in [9.17, 15) is 28.8 Å². The van der Waals surface area contributed by atoms with Gasteiger partial charge in [-0.05, 0) is 80.6 Å². The van der Waals surface area contributed by atoms with Crippen molar-refractivity contribution in [3.63, 3.8) is 0 Å². The Hall–Kier alpha value is -4.51. The van der Waals surface area contributed by atoms with Crippen molar-refractivity contribution in [1.82, 2.24) is 31.1 Å². The van der Waals surface area contributed by atoms with Crippen LogP contribution in [0, 0.1) is 5.41 Å². The Morgan fingerprint density at radius 1 is 0.750 bits per heavy atom. The maximum Gasteiger partial charge on any atom is 0.417 e. The van der Waals surface area contributed by atoms with Crippen LogP contribution in [0.5, 0.6) is 0 Å². The third kappa shape index (κ3) is 23.8. The normalized spacial score (nSPS) is 11.7. The maximum absolute atomic E-state index is 12.6. The maximum atomic E-state index is 12.6. The van der Waals surface area contributed by atoms with Crippen LogP contribution in [-0.2, 0) is 19.0 Å². The summed E-state index contributed by atoms with van der Waals surface area (Å²) in [4.78, 5) is 73.1. The van der Waals surface area contributed by atoms with Gasteiger partial charge in [-0.25, -0.2) is 28.9 Å². The summed E-state index contributed by atoms with van der Waals surface area (Å²) in [5.41, 5.74) is -1.52. The minimum absolute atomic E-state index is 0.0593. The number of carbonyl (C=O) groups excluding carboxylic acids is 4. The van der Waals surface area contributed by atoms with Gasteiger partial charge in [0.25, 0.3) is 0 Å². The summed E-state index contributed by atoms with van der Waals surface area (Å²) < 4.78 is 15.8. The minimum Gasteiger partial charge on any atom is -0.465 e. The molecule has 0 fully saturated rings. The van der Waals surface area contributed by atoms with Gasteiger partial charge in [0.2, 0.25) is 11.9 Å². The summed E-state index contributed by atoms with van der Waals surface area (Å²) in [5, 5.41) is 34.8. The first-order valence-electron chi connectivity index (χ1n) is 15.9. The van der Waals surface area contributed by atoms with Crippen LogP contribution in [0.15, 0.2) is 0 Å². The lowest BCUT2D eigenvalue weighted by Crippen LogP contribution is -2.48. The topological polar surface area (TPSA) is 249 Å². The summed E-state index contributed by atoms with van der Waals surface area (Å²) in [6, 6.07) is -0.362. The Balaban J connectivity index is 4.32. The highest BCUT2D eigenvalue weighted by molar-refractivity contribution is 5.99. The molecule has 0 aromatic carbocycles. The van der Waals surface area contributed by atoms with E-state index >= 15 is 0 Å². The SMILES string of the molecule is C[C@H](CCN(CCCCOC(=O)NCC(=O)NCCCCCCN(C(=N)NC(=O)O)C(=O)OC(C)(C)C)C(=O)OC(C)(C)C)NC(=O)O. The van der Waals surface area contributed by atoms with Gasteiger partial charge in [0, 0.05) is 32.2 Å². The van der Waals surface area contributed by atoms with Crippen molar-refractivity contribution in [3.05, 3.63) is 0 Å². The first kappa shape index (κ1) is 43.5. The standard InChI is InChI=1S/C30H55N7O11/c1-21(34-24(39)40)14-18-36(27(44)47-29(2,3)4)16-12-13-19-46-26(43)33-20-22(38)32-15-10-8-9-11-17-37(23(31)35-25(41)42)28(45)48-30(5,6)7/h21,34H,8-20H2,1-7H3,(H2,31,35)(H,32,38)(H,33,43)(H,39,40)(H,41,42)/t21-/m1/s1. The number of nitrogens with zero attached hydrogens (tertiary/aromatic N) is 2. The van der Waals surface area contributed by atoms with Crippen molar-refractivity contribution in [2.75, 3.05) is 39.3 Å². The van der Waals surface area contributed by atoms with E-state index < -0.39 is 53.5 Å². The third-order valence-corrected chi connectivity index (χ3v) is 6.04. The molecule has 6 amide bonds. The van der Waals surface area contributed by atoms with Crippen molar-refractivity contribution in [3.8, 4) is 0 Å². The molecule has 48 heavy (non-hydrogen) atoms. The highest BCUT2D eigenvalue weighted by Gasteiger charge is 2.26. The number of hydrogen-bond acceptors (Lipinski definition) is 10. The van der Waals surface area contributed by atoms with Gasteiger partial charge in [-0.1, -0.05) is 12.8 Å². The number of alkyl carbamates (subject to hydrolysis) is 1. The van der Waals surface area contributed by atoms with Gasteiger partial charge < -0.3 is 45.3 Å². The van der Waals surface area contributed by atoms with E-state index in [1.54, 1.807) is 48.5 Å². The van der Waals surface area contributed by atoms with Crippen molar-refractivity contribution in [2.45, 2.75) is 111 Å². The number of ether oxygens (including phenoxy) is 3. The molecule has 0 aliphatic heterocycles. The molecule has 0 aliphatic carbocycles.